The summed E-state index contributed by atoms with van der Waals surface area (Å²) in [5, 5.41) is 25.8. The van der Waals surface area contributed by atoms with Crippen molar-refractivity contribution in [3.8, 4) is 45.9 Å². The summed E-state index contributed by atoms with van der Waals surface area (Å²) < 4.78 is 0. The Morgan fingerprint density at radius 2 is 0.516 bits per heavy atom. The molecule has 2 nitrogen and oxygen atoms in total. The molecular formula is C60H38O2. The van der Waals surface area contributed by atoms with Crippen molar-refractivity contribution < 1.29 is 10.2 Å². The summed E-state index contributed by atoms with van der Waals surface area (Å²) in [6, 6.07) is 73.6. The van der Waals surface area contributed by atoms with Crippen molar-refractivity contribution in [3.63, 3.8) is 0 Å². The van der Waals surface area contributed by atoms with E-state index in [0.717, 1.165) is 89.1 Å². The number of aliphatic hydroxyl groups is 2. The van der Waals surface area contributed by atoms with Crippen LogP contribution in [0, 0.1) is 23.7 Å². The Morgan fingerprint density at radius 1 is 0.290 bits per heavy atom. The average molecular weight is 791 g/mol. The fourth-order valence-electron chi connectivity index (χ4n) is 9.52. The molecule has 0 fully saturated rings. The standard InChI is InChI=1S/C60H38O2/c61-59(51-33-17-13-29-45(51)46-30-14-18-34-52(46)59)39-37-49-50(38-40-60(62)53-35-19-15-31-47(53)48-32-16-20-36-54(48)60)58(56(43-25-9-3-10-26-43)44-27-11-4-12-28-44)57(49)55(41-21-5-1-6-22-41)42-23-7-2-8-24-42/h1-36,61-62H. The van der Waals surface area contributed by atoms with Gasteiger partial charge >= 0.3 is 0 Å². The van der Waals surface area contributed by atoms with E-state index < -0.39 is 11.2 Å². The molecular weight excluding hydrogens is 753 g/mol. The zero-order valence-electron chi connectivity index (χ0n) is 33.7. The van der Waals surface area contributed by atoms with Gasteiger partial charge in [-0.1, -0.05) is 242 Å². The van der Waals surface area contributed by atoms with E-state index in [0.29, 0.717) is 11.1 Å². The zero-order valence-corrected chi connectivity index (χ0v) is 33.7. The number of fused-ring (bicyclic) bond motifs is 6. The summed E-state index contributed by atoms with van der Waals surface area (Å²) >= 11 is 0. The summed E-state index contributed by atoms with van der Waals surface area (Å²) in [7, 11) is 0. The van der Waals surface area contributed by atoms with Crippen LogP contribution in [-0.4, -0.2) is 10.2 Å². The highest BCUT2D eigenvalue weighted by atomic mass is 16.3. The van der Waals surface area contributed by atoms with Gasteiger partial charge in [-0.2, -0.15) is 0 Å². The largest absolute Gasteiger partial charge is 0.369 e. The van der Waals surface area contributed by atoms with Gasteiger partial charge in [0.25, 0.3) is 0 Å². The van der Waals surface area contributed by atoms with E-state index in [1.807, 2.05) is 121 Å². The molecule has 2 heteroatoms. The Hall–Kier alpha value is -7.98. The van der Waals surface area contributed by atoms with E-state index in [-0.39, 0.29) is 0 Å². The molecule has 0 heterocycles. The summed E-state index contributed by atoms with van der Waals surface area (Å²) in [6.45, 7) is 0. The van der Waals surface area contributed by atoms with Gasteiger partial charge in [-0.3, -0.25) is 0 Å². The third kappa shape index (κ3) is 5.86. The molecule has 0 bridgehead atoms. The monoisotopic (exact) mass is 790 g/mol. The molecule has 0 saturated heterocycles. The predicted octanol–water partition coefficient (Wildman–Crippen LogP) is 12.1. The SMILES string of the molecule is OC1(C#CC2=C(C#CC3(O)c4ccccc4-c4ccccc43)C(=C(c3ccccc3)c3ccccc3)C2=C(c2ccccc2)c2ccccc2)c2ccccc2-c2ccccc21. The van der Waals surface area contributed by atoms with Crippen molar-refractivity contribution in [2.24, 2.45) is 0 Å². The number of rotatable bonds is 4. The Labute approximate surface area is 362 Å². The Balaban J connectivity index is 1.29. The number of hydrogen-bond acceptors (Lipinski definition) is 2. The van der Waals surface area contributed by atoms with Crippen molar-refractivity contribution in [3.05, 3.63) is 285 Å². The van der Waals surface area contributed by atoms with E-state index in [9.17, 15) is 10.2 Å². The summed E-state index contributed by atoms with van der Waals surface area (Å²) in [4.78, 5) is 0. The average Bonchev–Trinajstić information content (AvgIpc) is 3.74. The normalized spacial score (nSPS) is 14.5. The minimum Gasteiger partial charge on any atom is -0.369 e. The molecule has 0 atom stereocenters. The first-order chi connectivity index (χ1) is 30.5. The topological polar surface area (TPSA) is 40.5 Å². The third-order valence-corrected chi connectivity index (χ3v) is 12.3. The lowest BCUT2D eigenvalue weighted by molar-refractivity contribution is 0.150. The molecule has 2 N–H and O–H groups in total. The van der Waals surface area contributed by atoms with Crippen LogP contribution in [0.3, 0.4) is 0 Å². The van der Waals surface area contributed by atoms with Gasteiger partial charge in [-0.15, -0.1) is 0 Å². The van der Waals surface area contributed by atoms with E-state index >= 15 is 0 Å². The number of hydrogen-bond donors (Lipinski definition) is 2. The maximum atomic E-state index is 12.9. The van der Waals surface area contributed by atoms with Crippen LogP contribution in [0.25, 0.3) is 33.4 Å². The van der Waals surface area contributed by atoms with Gasteiger partial charge < -0.3 is 10.2 Å². The zero-order chi connectivity index (χ0) is 41.7. The lowest BCUT2D eigenvalue weighted by Crippen LogP contribution is -2.24. The van der Waals surface area contributed by atoms with E-state index in [2.05, 4.69) is 121 Å². The molecule has 62 heavy (non-hydrogen) atoms. The fraction of sp³-hybridized carbons (Fsp3) is 0.0333. The maximum absolute atomic E-state index is 12.9. The van der Waals surface area contributed by atoms with Crippen LogP contribution < -0.4 is 0 Å². The van der Waals surface area contributed by atoms with E-state index in [1.54, 1.807) is 0 Å². The highest BCUT2D eigenvalue weighted by Crippen LogP contribution is 2.53. The second-order valence-corrected chi connectivity index (χ2v) is 15.8. The Bertz CT molecular complexity index is 2900. The minimum atomic E-state index is -1.59. The molecule has 0 aromatic heterocycles. The number of benzene rings is 8. The molecule has 8 aromatic carbocycles. The van der Waals surface area contributed by atoms with Crippen molar-refractivity contribution in [2.75, 3.05) is 0 Å². The molecule has 0 radical (unpaired) electrons. The Morgan fingerprint density at radius 3 is 0.774 bits per heavy atom. The molecule has 8 aromatic rings. The molecule has 0 unspecified atom stereocenters. The van der Waals surface area contributed by atoms with Crippen molar-refractivity contribution in [1.82, 2.24) is 0 Å². The maximum Gasteiger partial charge on any atom is 0.178 e. The van der Waals surface area contributed by atoms with Crippen LogP contribution in [-0.2, 0) is 11.2 Å². The lowest BCUT2D eigenvalue weighted by atomic mass is 9.69. The quantitative estimate of drug-likeness (QED) is 0.174. The van der Waals surface area contributed by atoms with Crippen LogP contribution in [0.15, 0.2) is 241 Å². The van der Waals surface area contributed by atoms with E-state index in [4.69, 9.17) is 0 Å². The molecule has 3 aliphatic carbocycles. The van der Waals surface area contributed by atoms with Gasteiger partial charge in [0.05, 0.1) is 0 Å². The van der Waals surface area contributed by atoms with Crippen molar-refractivity contribution in [1.29, 1.82) is 0 Å². The van der Waals surface area contributed by atoms with Crippen molar-refractivity contribution in [2.45, 2.75) is 11.2 Å². The summed E-state index contributed by atoms with van der Waals surface area (Å²) in [6.07, 6.45) is 0. The van der Waals surface area contributed by atoms with Crippen LogP contribution in [0.5, 0.6) is 0 Å². The first-order valence-electron chi connectivity index (χ1n) is 20.9. The van der Waals surface area contributed by atoms with Crippen LogP contribution in [0.1, 0.15) is 44.5 Å². The number of allylic oxidation sites excluding steroid dienone is 4. The fourth-order valence-corrected chi connectivity index (χ4v) is 9.52. The highest BCUT2D eigenvalue weighted by Gasteiger charge is 2.43. The lowest BCUT2D eigenvalue weighted by Gasteiger charge is -2.32. The van der Waals surface area contributed by atoms with Crippen molar-refractivity contribution >= 4 is 11.1 Å². The smallest absolute Gasteiger partial charge is 0.178 e. The van der Waals surface area contributed by atoms with Gasteiger partial charge in [0.2, 0.25) is 0 Å². The molecule has 0 spiro atoms. The van der Waals surface area contributed by atoms with Gasteiger partial charge in [0.15, 0.2) is 11.2 Å². The van der Waals surface area contributed by atoms with Gasteiger partial charge in [-0.25, -0.2) is 0 Å². The van der Waals surface area contributed by atoms with Crippen LogP contribution in [0.2, 0.25) is 0 Å². The molecule has 0 aliphatic heterocycles. The molecule has 0 amide bonds. The molecule has 3 aliphatic rings. The third-order valence-electron chi connectivity index (χ3n) is 12.3. The highest BCUT2D eigenvalue weighted by molar-refractivity contribution is 6.04. The Kier molecular flexibility index (Phi) is 8.92. The first-order valence-corrected chi connectivity index (χ1v) is 20.9. The van der Waals surface area contributed by atoms with E-state index in [1.165, 1.54) is 0 Å². The molecule has 11 rings (SSSR count). The second-order valence-electron chi connectivity index (χ2n) is 15.8. The van der Waals surface area contributed by atoms with Gasteiger partial charge in [0, 0.05) is 44.5 Å². The first kappa shape index (κ1) is 37.1. The van der Waals surface area contributed by atoms with Gasteiger partial charge in [0.1, 0.15) is 0 Å². The van der Waals surface area contributed by atoms with Crippen LogP contribution >= 0.6 is 0 Å². The van der Waals surface area contributed by atoms with Crippen LogP contribution in [0.4, 0.5) is 0 Å². The minimum absolute atomic E-state index is 0.693. The van der Waals surface area contributed by atoms with Gasteiger partial charge in [-0.05, 0) is 55.7 Å². The second kappa shape index (κ2) is 14.9. The molecule has 0 saturated carbocycles. The molecule has 290 valence electrons. The predicted molar refractivity (Wildman–Crippen MR) is 250 cm³/mol. The summed E-state index contributed by atoms with van der Waals surface area (Å²) in [5.41, 5.74) is 12.9. The summed E-state index contributed by atoms with van der Waals surface area (Å²) in [5.74, 6) is 14.2.